The molecule has 1 amide bonds. The second kappa shape index (κ2) is 8.03. The van der Waals surface area contributed by atoms with Crippen LogP contribution < -0.4 is 5.32 Å². The van der Waals surface area contributed by atoms with Crippen LogP contribution in [0.15, 0.2) is 30.6 Å². The Balaban J connectivity index is 0.00000192. The molecule has 7 nitrogen and oxygen atoms in total. The molecule has 1 aliphatic heterocycles. The van der Waals surface area contributed by atoms with Gasteiger partial charge in [-0.25, -0.2) is 4.68 Å². The molecule has 0 aliphatic carbocycles. The molecule has 1 unspecified atom stereocenters. The van der Waals surface area contributed by atoms with Gasteiger partial charge in [-0.2, -0.15) is 0 Å². The van der Waals surface area contributed by atoms with Gasteiger partial charge in [-0.1, -0.05) is 0 Å². The van der Waals surface area contributed by atoms with Gasteiger partial charge in [-0.3, -0.25) is 4.79 Å². The monoisotopic (exact) mass is 336 g/mol. The van der Waals surface area contributed by atoms with E-state index in [0.717, 1.165) is 38.0 Å². The Labute approximate surface area is 141 Å². The molecule has 23 heavy (non-hydrogen) atoms. The van der Waals surface area contributed by atoms with E-state index in [4.69, 9.17) is 0 Å². The van der Waals surface area contributed by atoms with E-state index < -0.39 is 0 Å². The number of aromatic nitrogens is 4. The quantitative estimate of drug-likeness (QED) is 0.914. The van der Waals surface area contributed by atoms with Crippen LogP contribution in [0.1, 0.15) is 29.6 Å². The third-order valence-electron chi connectivity index (χ3n) is 4.14. The van der Waals surface area contributed by atoms with Crippen LogP contribution in [-0.2, 0) is 0 Å². The average molecular weight is 337 g/mol. The molecule has 3 rings (SSSR count). The fourth-order valence-electron chi connectivity index (χ4n) is 2.79. The molecular weight excluding hydrogens is 316 g/mol. The number of tetrazole rings is 1. The number of nitrogens with zero attached hydrogens (tertiary/aromatic N) is 5. The molecule has 0 bridgehead atoms. The normalized spacial score (nSPS) is 17.9. The number of benzene rings is 1. The minimum atomic E-state index is 0. The van der Waals surface area contributed by atoms with Crippen molar-refractivity contribution in [2.75, 3.05) is 20.1 Å². The molecule has 0 spiro atoms. The number of halogens is 1. The maximum Gasteiger partial charge on any atom is 0.253 e. The first kappa shape index (κ1) is 17.4. The topological polar surface area (TPSA) is 75.9 Å². The second-order valence-corrected chi connectivity index (χ2v) is 5.55. The predicted molar refractivity (Wildman–Crippen MR) is 89.0 cm³/mol. The van der Waals surface area contributed by atoms with Crippen LogP contribution in [0, 0.1) is 0 Å². The summed E-state index contributed by atoms with van der Waals surface area (Å²) in [7, 11) is 1.90. The van der Waals surface area contributed by atoms with E-state index in [0.29, 0.717) is 11.6 Å². The summed E-state index contributed by atoms with van der Waals surface area (Å²) in [4.78, 5) is 14.5. The number of rotatable bonds is 3. The summed E-state index contributed by atoms with van der Waals surface area (Å²) >= 11 is 0. The first-order valence-electron chi connectivity index (χ1n) is 7.57. The zero-order chi connectivity index (χ0) is 15.4. The highest BCUT2D eigenvalue weighted by Gasteiger charge is 2.22. The Morgan fingerprint density at radius 2 is 2.04 bits per heavy atom. The summed E-state index contributed by atoms with van der Waals surface area (Å²) in [6.45, 7) is 2.01. The van der Waals surface area contributed by atoms with Crippen molar-refractivity contribution in [2.24, 2.45) is 0 Å². The number of hydrogen-bond donors (Lipinski definition) is 1. The van der Waals surface area contributed by atoms with Crippen molar-refractivity contribution in [3.63, 3.8) is 0 Å². The lowest BCUT2D eigenvalue weighted by Gasteiger charge is -2.27. The number of hydrogen-bond acceptors (Lipinski definition) is 5. The summed E-state index contributed by atoms with van der Waals surface area (Å²) in [5.74, 6) is 0.0650. The lowest BCUT2D eigenvalue weighted by Crippen LogP contribution is -2.37. The highest BCUT2D eigenvalue weighted by atomic mass is 35.5. The van der Waals surface area contributed by atoms with Gasteiger partial charge in [0.05, 0.1) is 5.69 Å². The van der Waals surface area contributed by atoms with Crippen molar-refractivity contribution in [3.8, 4) is 5.69 Å². The molecular formula is C15H21ClN6O. The number of amides is 1. The van der Waals surface area contributed by atoms with Crippen molar-refractivity contribution >= 4 is 18.3 Å². The predicted octanol–water partition coefficient (Wildman–Crippen LogP) is 1.30. The Kier molecular flexibility index (Phi) is 6.06. The van der Waals surface area contributed by atoms with Crippen molar-refractivity contribution in [3.05, 3.63) is 36.2 Å². The highest BCUT2D eigenvalue weighted by molar-refractivity contribution is 5.94. The van der Waals surface area contributed by atoms with Crippen LogP contribution in [0.2, 0.25) is 0 Å². The summed E-state index contributed by atoms with van der Waals surface area (Å²) in [6, 6.07) is 7.66. The van der Waals surface area contributed by atoms with Crippen molar-refractivity contribution in [1.82, 2.24) is 30.4 Å². The van der Waals surface area contributed by atoms with Gasteiger partial charge in [0, 0.05) is 18.7 Å². The third kappa shape index (κ3) is 4.05. The molecule has 1 fully saturated rings. The minimum Gasteiger partial charge on any atom is -0.339 e. The van der Waals surface area contributed by atoms with E-state index in [1.807, 2.05) is 36.2 Å². The maximum absolute atomic E-state index is 12.6. The van der Waals surface area contributed by atoms with Crippen LogP contribution in [0.25, 0.3) is 5.69 Å². The summed E-state index contributed by atoms with van der Waals surface area (Å²) in [6.07, 6.45) is 4.70. The van der Waals surface area contributed by atoms with Crippen LogP contribution in [0.4, 0.5) is 0 Å². The van der Waals surface area contributed by atoms with Gasteiger partial charge < -0.3 is 10.2 Å². The minimum absolute atomic E-state index is 0. The lowest BCUT2D eigenvalue weighted by atomic mass is 10.1. The molecule has 8 heteroatoms. The first-order valence-corrected chi connectivity index (χ1v) is 7.57. The van der Waals surface area contributed by atoms with Gasteiger partial charge in [0.15, 0.2) is 0 Å². The van der Waals surface area contributed by atoms with Crippen molar-refractivity contribution < 1.29 is 4.79 Å². The van der Waals surface area contributed by atoms with E-state index in [1.165, 1.54) is 6.33 Å². The molecule has 1 saturated heterocycles. The Morgan fingerprint density at radius 1 is 1.26 bits per heavy atom. The van der Waals surface area contributed by atoms with E-state index >= 15 is 0 Å². The van der Waals surface area contributed by atoms with Gasteiger partial charge in [0.25, 0.3) is 5.91 Å². The molecule has 1 atom stereocenters. The lowest BCUT2D eigenvalue weighted by molar-refractivity contribution is 0.0720. The summed E-state index contributed by atoms with van der Waals surface area (Å²) in [5.41, 5.74) is 1.53. The molecule has 1 aromatic carbocycles. The molecule has 1 aliphatic rings. The molecule has 0 saturated carbocycles. The maximum atomic E-state index is 12.6. The van der Waals surface area contributed by atoms with Gasteiger partial charge in [0.1, 0.15) is 6.33 Å². The Morgan fingerprint density at radius 3 is 2.74 bits per heavy atom. The smallest absolute Gasteiger partial charge is 0.253 e. The molecule has 2 aromatic rings. The Hall–Kier alpha value is -1.99. The molecule has 1 N–H and O–H groups in total. The van der Waals surface area contributed by atoms with E-state index in [1.54, 1.807) is 4.68 Å². The van der Waals surface area contributed by atoms with Gasteiger partial charge >= 0.3 is 0 Å². The number of nitrogens with one attached hydrogen (secondary N) is 1. The number of carbonyl (C=O) groups is 1. The standard InChI is InChI=1S/C15H20N6O.ClH/c1-20(13-3-2-9-16-10-8-13)15(22)12-4-6-14(7-5-12)21-11-17-18-19-21;/h4-7,11,13,16H,2-3,8-10H2,1H3;1H. The average Bonchev–Trinajstić information content (AvgIpc) is 2.96. The van der Waals surface area contributed by atoms with E-state index in [9.17, 15) is 4.79 Å². The summed E-state index contributed by atoms with van der Waals surface area (Å²) in [5, 5.41) is 14.4. The SMILES string of the molecule is CN(C(=O)c1ccc(-n2cnnn2)cc1)C1CCCNCC1.Cl. The second-order valence-electron chi connectivity index (χ2n) is 5.55. The Bertz CT molecular complexity index is 607. The number of carbonyl (C=O) groups excluding carboxylic acids is 1. The van der Waals surface area contributed by atoms with E-state index in [-0.39, 0.29) is 18.3 Å². The van der Waals surface area contributed by atoms with Crippen LogP contribution >= 0.6 is 12.4 Å². The highest BCUT2D eigenvalue weighted by Crippen LogP contribution is 2.16. The third-order valence-corrected chi connectivity index (χ3v) is 4.14. The van der Waals surface area contributed by atoms with Gasteiger partial charge in [-0.15, -0.1) is 17.5 Å². The first-order chi connectivity index (χ1) is 10.8. The molecule has 124 valence electrons. The van der Waals surface area contributed by atoms with E-state index in [2.05, 4.69) is 20.8 Å². The van der Waals surface area contributed by atoms with Crippen molar-refractivity contribution in [1.29, 1.82) is 0 Å². The largest absolute Gasteiger partial charge is 0.339 e. The molecule has 2 heterocycles. The van der Waals surface area contributed by atoms with Gasteiger partial charge in [0.2, 0.25) is 0 Å². The fraction of sp³-hybridized carbons (Fsp3) is 0.467. The molecule has 0 radical (unpaired) electrons. The van der Waals surface area contributed by atoms with Crippen LogP contribution in [-0.4, -0.2) is 57.2 Å². The van der Waals surface area contributed by atoms with Gasteiger partial charge in [-0.05, 0) is 67.0 Å². The van der Waals surface area contributed by atoms with Crippen molar-refractivity contribution in [2.45, 2.75) is 25.3 Å². The van der Waals surface area contributed by atoms with Crippen LogP contribution in [0.5, 0.6) is 0 Å². The molecule has 1 aromatic heterocycles. The van der Waals surface area contributed by atoms with Crippen LogP contribution in [0.3, 0.4) is 0 Å². The zero-order valence-electron chi connectivity index (χ0n) is 13.1. The summed E-state index contributed by atoms with van der Waals surface area (Å²) < 4.78 is 1.56. The fourth-order valence-corrected chi connectivity index (χ4v) is 2.79. The zero-order valence-corrected chi connectivity index (χ0v) is 13.9.